The second-order valence-electron chi connectivity index (χ2n) is 4.91. The summed E-state index contributed by atoms with van der Waals surface area (Å²) in [4.78, 5) is 8.78. The molecule has 0 amide bonds. The van der Waals surface area contributed by atoms with Crippen molar-refractivity contribution in [1.29, 1.82) is 0 Å². The highest BCUT2D eigenvalue weighted by molar-refractivity contribution is 6.18. The third-order valence-electron chi connectivity index (χ3n) is 3.23. The van der Waals surface area contributed by atoms with E-state index in [0.717, 1.165) is 25.0 Å². The zero-order chi connectivity index (χ0) is 13.0. The monoisotopic (exact) mass is 269 g/mol. The highest BCUT2D eigenvalue weighted by Crippen LogP contribution is 2.35. The van der Waals surface area contributed by atoms with Crippen LogP contribution in [0.25, 0.3) is 0 Å². The van der Waals surface area contributed by atoms with Crippen LogP contribution in [0.5, 0.6) is 5.88 Å². The fraction of sp³-hybridized carbons (Fsp3) is 0.692. The van der Waals surface area contributed by atoms with Crippen LogP contribution in [0.3, 0.4) is 0 Å². The van der Waals surface area contributed by atoms with Crippen LogP contribution in [0.1, 0.15) is 38.3 Å². The molecule has 1 aliphatic rings. The molecule has 0 atom stereocenters. The molecule has 18 heavy (non-hydrogen) atoms. The summed E-state index contributed by atoms with van der Waals surface area (Å²) >= 11 is 6.02. The van der Waals surface area contributed by atoms with Crippen molar-refractivity contribution < 1.29 is 4.74 Å². The Bertz CT molecular complexity index is 402. The van der Waals surface area contributed by atoms with Gasteiger partial charge in [0.15, 0.2) is 0 Å². The molecule has 1 aromatic heterocycles. The summed E-state index contributed by atoms with van der Waals surface area (Å²) in [7, 11) is 0. The fourth-order valence-electron chi connectivity index (χ4n) is 2.01. The lowest BCUT2D eigenvalue weighted by molar-refractivity contribution is 0.298. The van der Waals surface area contributed by atoms with Gasteiger partial charge < -0.3 is 10.1 Å². The van der Waals surface area contributed by atoms with Crippen molar-refractivity contribution in [3.05, 3.63) is 11.8 Å². The molecule has 0 radical (unpaired) electrons. The van der Waals surface area contributed by atoms with E-state index < -0.39 is 0 Å². The zero-order valence-corrected chi connectivity index (χ0v) is 11.8. The topological polar surface area (TPSA) is 47.0 Å². The average Bonchev–Trinajstić information content (AvgIpc) is 2.30. The Kier molecular flexibility index (Phi) is 4.27. The van der Waals surface area contributed by atoms with Crippen LogP contribution < -0.4 is 10.1 Å². The zero-order valence-electron chi connectivity index (χ0n) is 11.0. The van der Waals surface area contributed by atoms with Crippen molar-refractivity contribution in [2.24, 2.45) is 0 Å². The number of halogens is 1. The molecular weight excluding hydrogens is 250 g/mol. The summed E-state index contributed by atoms with van der Waals surface area (Å²) in [6.07, 6.45) is 4.35. The van der Waals surface area contributed by atoms with Gasteiger partial charge in [-0.15, -0.1) is 11.6 Å². The highest BCUT2D eigenvalue weighted by atomic mass is 35.5. The van der Waals surface area contributed by atoms with E-state index in [0.29, 0.717) is 24.3 Å². The van der Waals surface area contributed by atoms with E-state index in [1.165, 1.54) is 6.42 Å². The van der Waals surface area contributed by atoms with Crippen molar-refractivity contribution in [3.63, 3.8) is 0 Å². The van der Waals surface area contributed by atoms with E-state index in [4.69, 9.17) is 16.3 Å². The Morgan fingerprint density at radius 1 is 1.44 bits per heavy atom. The minimum Gasteiger partial charge on any atom is -0.478 e. The molecule has 0 saturated heterocycles. The summed E-state index contributed by atoms with van der Waals surface area (Å²) < 4.78 is 5.55. The second-order valence-corrected chi connectivity index (χ2v) is 5.18. The number of aromatic nitrogens is 2. The fourth-order valence-corrected chi connectivity index (χ4v) is 2.34. The highest BCUT2D eigenvalue weighted by Gasteiger charge is 2.36. The van der Waals surface area contributed by atoms with Crippen LogP contribution in [-0.4, -0.2) is 28.0 Å². The van der Waals surface area contributed by atoms with Gasteiger partial charge in [0.25, 0.3) is 0 Å². The minimum atomic E-state index is -0.0165. The van der Waals surface area contributed by atoms with Gasteiger partial charge in [0.05, 0.1) is 12.1 Å². The molecule has 0 spiro atoms. The molecule has 1 fully saturated rings. The van der Waals surface area contributed by atoms with E-state index >= 15 is 0 Å². The maximum absolute atomic E-state index is 6.02. The van der Waals surface area contributed by atoms with Gasteiger partial charge in [-0.1, -0.05) is 6.92 Å². The molecule has 5 heteroatoms. The summed E-state index contributed by atoms with van der Waals surface area (Å²) in [5.41, 5.74) is 0.889. The van der Waals surface area contributed by atoms with Gasteiger partial charge in [-0.2, -0.15) is 4.98 Å². The lowest BCUT2D eigenvalue weighted by Gasteiger charge is -2.41. The summed E-state index contributed by atoms with van der Waals surface area (Å²) in [6.45, 7) is 4.69. The molecule has 1 saturated carbocycles. The molecule has 1 aliphatic carbocycles. The minimum absolute atomic E-state index is 0.0165. The van der Waals surface area contributed by atoms with Gasteiger partial charge >= 0.3 is 0 Å². The van der Waals surface area contributed by atoms with Gasteiger partial charge in [0.1, 0.15) is 0 Å². The molecule has 1 aromatic rings. The second kappa shape index (κ2) is 5.74. The first-order valence-electron chi connectivity index (χ1n) is 6.50. The summed E-state index contributed by atoms with van der Waals surface area (Å²) in [6, 6.07) is 1.86. The molecule has 2 rings (SSSR count). The summed E-state index contributed by atoms with van der Waals surface area (Å²) in [5.74, 6) is 1.85. The number of ether oxygens (including phenoxy) is 1. The number of anilines is 1. The molecule has 0 aliphatic heterocycles. The number of nitrogens with zero attached hydrogens (tertiary/aromatic N) is 2. The number of hydrogen-bond acceptors (Lipinski definition) is 4. The molecule has 1 heterocycles. The normalized spacial score (nSPS) is 17.1. The third-order valence-corrected chi connectivity index (χ3v) is 3.74. The number of aryl methyl sites for hydroxylation is 1. The summed E-state index contributed by atoms with van der Waals surface area (Å²) in [5, 5.41) is 3.37. The van der Waals surface area contributed by atoms with Crippen LogP contribution in [0.2, 0.25) is 0 Å². The van der Waals surface area contributed by atoms with Crippen molar-refractivity contribution in [1.82, 2.24) is 9.97 Å². The smallest absolute Gasteiger partial charge is 0.226 e. The number of hydrogen-bond donors (Lipinski definition) is 1. The van der Waals surface area contributed by atoms with Crippen LogP contribution in [0.4, 0.5) is 5.95 Å². The van der Waals surface area contributed by atoms with E-state index in [1.807, 2.05) is 13.0 Å². The van der Waals surface area contributed by atoms with Crippen molar-refractivity contribution >= 4 is 17.5 Å². The van der Waals surface area contributed by atoms with Crippen molar-refractivity contribution in [2.45, 2.75) is 45.1 Å². The van der Waals surface area contributed by atoms with Crippen LogP contribution in [0.15, 0.2) is 6.07 Å². The Morgan fingerprint density at radius 2 is 2.22 bits per heavy atom. The van der Waals surface area contributed by atoms with Crippen LogP contribution in [-0.2, 0) is 0 Å². The van der Waals surface area contributed by atoms with Gasteiger partial charge in [-0.3, -0.25) is 0 Å². The maximum Gasteiger partial charge on any atom is 0.226 e. The first-order chi connectivity index (χ1) is 8.67. The first-order valence-corrected chi connectivity index (χ1v) is 7.03. The maximum atomic E-state index is 6.02. The van der Waals surface area contributed by atoms with E-state index in [-0.39, 0.29) is 5.54 Å². The molecule has 0 unspecified atom stereocenters. The first kappa shape index (κ1) is 13.4. The van der Waals surface area contributed by atoms with E-state index in [2.05, 4.69) is 22.2 Å². The lowest BCUT2D eigenvalue weighted by atomic mass is 9.78. The Morgan fingerprint density at radius 3 is 2.78 bits per heavy atom. The SMILES string of the molecule is CCCOc1cc(C)nc(NC2(CCl)CCC2)n1. The van der Waals surface area contributed by atoms with Gasteiger partial charge in [-0.05, 0) is 32.6 Å². The Hall–Kier alpha value is -1.03. The van der Waals surface area contributed by atoms with E-state index in [9.17, 15) is 0 Å². The van der Waals surface area contributed by atoms with Crippen molar-refractivity contribution in [2.75, 3.05) is 17.8 Å². The number of rotatable bonds is 6. The predicted molar refractivity (Wildman–Crippen MR) is 73.5 cm³/mol. The third kappa shape index (κ3) is 3.05. The van der Waals surface area contributed by atoms with Crippen molar-refractivity contribution in [3.8, 4) is 5.88 Å². The van der Waals surface area contributed by atoms with Crippen LogP contribution >= 0.6 is 11.6 Å². The van der Waals surface area contributed by atoms with E-state index in [1.54, 1.807) is 0 Å². The van der Waals surface area contributed by atoms with Gasteiger partial charge in [0, 0.05) is 17.6 Å². The quantitative estimate of drug-likeness (QED) is 0.806. The molecule has 100 valence electrons. The largest absolute Gasteiger partial charge is 0.478 e. The lowest BCUT2D eigenvalue weighted by Crippen LogP contribution is -2.47. The number of alkyl halides is 1. The molecule has 4 nitrogen and oxygen atoms in total. The molecule has 1 N–H and O–H groups in total. The molecule has 0 bridgehead atoms. The predicted octanol–water partition coefficient (Wildman–Crippen LogP) is 3.15. The number of nitrogens with one attached hydrogen (secondary N) is 1. The standard InChI is InChI=1S/C13H20ClN3O/c1-3-7-18-11-8-10(2)15-12(16-11)17-13(9-14)5-4-6-13/h8H,3-7,9H2,1-2H3,(H,15,16,17). The van der Waals surface area contributed by atoms with Gasteiger partial charge in [-0.25, -0.2) is 4.98 Å². The molecular formula is C13H20ClN3O. The Labute approximate surface area is 113 Å². The average molecular weight is 270 g/mol. The molecule has 0 aromatic carbocycles. The van der Waals surface area contributed by atoms with Crippen LogP contribution in [0, 0.1) is 6.92 Å². The Balaban J connectivity index is 2.09. The van der Waals surface area contributed by atoms with Gasteiger partial charge in [0.2, 0.25) is 11.8 Å².